The molecular weight excluding hydrogens is 498 g/mol. The van der Waals surface area contributed by atoms with E-state index in [1.165, 1.54) is 17.8 Å². The molecule has 2 unspecified atom stereocenters. The van der Waals surface area contributed by atoms with Gasteiger partial charge in [-0.15, -0.1) is 0 Å². The lowest BCUT2D eigenvalue weighted by Gasteiger charge is -2.25. The lowest BCUT2D eigenvalue weighted by Crippen LogP contribution is -2.41. The van der Waals surface area contributed by atoms with Crippen LogP contribution in [-0.2, 0) is 19.4 Å². The van der Waals surface area contributed by atoms with Crippen LogP contribution >= 0.6 is 0 Å². The summed E-state index contributed by atoms with van der Waals surface area (Å²) in [4.78, 5) is 11.6. The Kier molecular flexibility index (Phi) is 10.4. The van der Waals surface area contributed by atoms with E-state index in [9.17, 15) is 13.9 Å². The Morgan fingerprint density at radius 2 is 2.00 bits per heavy atom. The van der Waals surface area contributed by atoms with E-state index in [0.29, 0.717) is 18.7 Å². The van der Waals surface area contributed by atoms with Crippen LogP contribution in [0.3, 0.4) is 0 Å². The van der Waals surface area contributed by atoms with Crippen LogP contribution in [0, 0.1) is 23.0 Å². The van der Waals surface area contributed by atoms with Crippen molar-refractivity contribution in [3.63, 3.8) is 0 Å². The molecule has 0 aliphatic rings. The molecule has 1 aromatic heterocycles. The summed E-state index contributed by atoms with van der Waals surface area (Å²) in [5.74, 6) is -1.20. The van der Waals surface area contributed by atoms with Gasteiger partial charge in [0.2, 0.25) is 0 Å². The van der Waals surface area contributed by atoms with Gasteiger partial charge in [0.15, 0.2) is 0 Å². The molecule has 7 nitrogen and oxygen atoms in total. The molecule has 3 aromatic rings. The highest BCUT2D eigenvalue weighted by molar-refractivity contribution is 5.84. The predicted molar refractivity (Wildman–Crippen MR) is 154 cm³/mol. The molecule has 0 saturated heterocycles. The van der Waals surface area contributed by atoms with Gasteiger partial charge in [-0.25, -0.2) is 18.8 Å². The maximum absolute atomic E-state index is 14.5. The molecule has 2 aromatic carbocycles. The standard InChI is InChI=1S/C30H40F2N6O/c1-6-35-27-20(13-22(31)15-25(27)32)14-24(28(33)36-7-2)26(39)18-34-17-21-12-19(16-30(3,4)5)8-9-23(21)29-37-10-11-38-29/h7-13,15,24,26,34-35,39H,2,6,14,16-18H2,1,3-5H3,(H2,33,36)(H,37,38). The molecule has 0 aliphatic heterocycles. The monoisotopic (exact) mass is 538 g/mol. The highest BCUT2D eigenvalue weighted by Gasteiger charge is 2.26. The highest BCUT2D eigenvalue weighted by atomic mass is 19.1. The average Bonchev–Trinajstić information content (AvgIpc) is 3.38. The lowest BCUT2D eigenvalue weighted by atomic mass is 9.87. The molecule has 9 heteroatoms. The van der Waals surface area contributed by atoms with Crippen LogP contribution in [0.15, 0.2) is 60.5 Å². The molecule has 0 fully saturated rings. The second-order valence-corrected chi connectivity index (χ2v) is 10.9. The number of aliphatic imine (C=N–C) groups is 1. The van der Waals surface area contributed by atoms with Gasteiger partial charge in [-0.05, 0) is 47.9 Å². The molecule has 210 valence electrons. The van der Waals surface area contributed by atoms with Gasteiger partial charge < -0.3 is 26.5 Å². The lowest BCUT2D eigenvalue weighted by molar-refractivity contribution is 0.135. The minimum absolute atomic E-state index is 0.0851. The van der Waals surface area contributed by atoms with Crippen molar-refractivity contribution in [3.8, 4) is 11.4 Å². The van der Waals surface area contributed by atoms with Crippen molar-refractivity contribution in [2.45, 2.75) is 53.2 Å². The number of imidazole rings is 1. The quantitative estimate of drug-likeness (QED) is 0.152. The van der Waals surface area contributed by atoms with Crippen LogP contribution in [0.4, 0.5) is 14.5 Å². The maximum Gasteiger partial charge on any atom is 0.149 e. The number of aromatic amines is 1. The Hall–Kier alpha value is -3.56. The molecule has 6 N–H and O–H groups in total. The number of hydrogen-bond acceptors (Lipinski definition) is 5. The zero-order chi connectivity index (χ0) is 28.6. The number of halogens is 2. The number of benzene rings is 2. The Bertz CT molecular complexity index is 1270. The summed E-state index contributed by atoms with van der Waals surface area (Å²) in [5.41, 5.74) is 10.1. The molecule has 39 heavy (non-hydrogen) atoms. The van der Waals surface area contributed by atoms with Crippen LogP contribution in [-0.4, -0.2) is 40.1 Å². The van der Waals surface area contributed by atoms with E-state index in [2.05, 4.69) is 71.1 Å². The summed E-state index contributed by atoms with van der Waals surface area (Å²) >= 11 is 0. The van der Waals surface area contributed by atoms with E-state index in [0.717, 1.165) is 29.4 Å². The molecule has 0 saturated carbocycles. The number of anilines is 1. The number of aliphatic hydroxyl groups excluding tert-OH is 1. The summed E-state index contributed by atoms with van der Waals surface area (Å²) in [6.07, 6.45) is 4.79. The van der Waals surface area contributed by atoms with E-state index in [-0.39, 0.29) is 29.9 Å². The number of nitrogens with two attached hydrogens (primary N) is 1. The minimum atomic E-state index is -0.987. The third-order valence-corrected chi connectivity index (χ3v) is 6.34. The Morgan fingerprint density at radius 3 is 2.64 bits per heavy atom. The van der Waals surface area contributed by atoms with Gasteiger partial charge >= 0.3 is 0 Å². The fourth-order valence-corrected chi connectivity index (χ4v) is 4.69. The van der Waals surface area contributed by atoms with Gasteiger partial charge in [0.1, 0.15) is 23.3 Å². The van der Waals surface area contributed by atoms with E-state index in [4.69, 9.17) is 5.73 Å². The van der Waals surface area contributed by atoms with Crippen LogP contribution in [0.1, 0.15) is 44.4 Å². The second-order valence-electron chi connectivity index (χ2n) is 10.9. The molecule has 1 heterocycles. The van der Waals surface area contributed by atoms with Gasteiger partial charge in [-0.2, -0.15) is 0 Å². The Labute approximate surface area is 229 Å². The summed E-state index contributed by atoms with van der Waals surface area (Å²) in [5, 5.41) is 17.5. The number of aliphatic hydroxyl groups is 1. The first kappa shape index (κ1) is 30.0. The number of hydrogen-bond donors (Lipinski definition) is 5. The number of rotatable bonds is 13. The Morgan fingerprint density at radius 1 is 1.23 bits per heavy atom. The summed E-state index contributed by atoms with van der Waals surface area (Å²) in [7, 11) is 0. The molecule has 0 spiro atoms. The maximum atomic E-state index is 14.5. The fraction of sp³-hybridized carbons (Fsp3) is 0.400. The van der Waals surface area contributed by atoms with Crippen molar-refractivity contribution >= 4 is 11.5 Å². The van der Waals surface area contributed by atoms with E-state index < -0.39 is 23.7 Å². The fourth-order valence-electron chi connectivity index (χ4n) is 4.69. The molecule has 0 aliphatic carbocycles. The SMILES string of the molecule is C=CN=C(N)C(Cc1cc(F)cc(F)c1NCC)C(O)CNCc1cc(CC(C)(C)C)ccc1-c1ncc[nH]1. The average molecular weight is 539 g/mol. The largest absolute Gasteiger partial charge is 0.391 e. The summed E-state index contributed by atoms with van der Waals surface area (Å²) in [6.45, 7) is 13.1. The zero-order valence-corrected chi connectivity index (χ0v) is 23.2. The first-order valence-corrected chi connectivity index (χ1v) is 13.2. The number of H-pyrrole nitrogens is 1. The molecule has 0 radical (unpaired) electrons. The zero-order valence-electron chi connectivity index (χ0n) is 23.2. The predicted octanol–water partition coefficient (Wildman–Crippen LogP) is 5.19. The molecule has 0 bridgehead atoms. The number of nitrogens with one attached hydrogen (secondary N) is 3. The number of amidine groups is 1. The van der Waals surface area contributed by atoms with Crippen LogP contribution < -0.4 is 16.4 Å². The topological polar surface area (TPSA) is 111 Å². The van der Waals surface area contributed by atoms with Crippen LogP contribution in [0.25, 0.3) is 11.4 Å². The molecular formula is C30H40F2N6O. The molecule has 0 amide bonds. The third-order valence-electron chi connectivity index (χ3n) is 6.34. The highest BCUT2D eigenvalue weighted by Crippen LogP contribution is 2.28. The van der Waals surface area contributed by atoms with Crippen molar-refractivity contribution in [3.05, 3.63) is 83.8 Å². The van der Waals surface area contributed by atoms with Gasteiger partial charge in [-0.1, -0.05) is 45.5 Å². The molecule has 2 atom stereocenters. The normalized spacial score (nSPS) is 13.8. The smallest absolute Gasteiger partial charge is 0.149 e. The van der Waals surface area contributed by atoms with Gasteiger partial charge in [0.05, 0.1) is 11.8 Å². The van der Waals surface area contributed by atoms with Gasteiger partial charge in [0, 0.05) is 55.8 Å². The van der Waals surface area contributed by atoms with E-state index in [1.807, 2.05) is 6.92 Å². The summed E-state index contributed by atoms with van der Waals surface area (Å²) < 4.78 is 28.6. The van der Waals surface area contributed by atoms with E-state index >= 15 is 0 Å². The first-order valence-electron chi connectivity index (χ1n) is 13.2. The molecule has 3 rings (SSSR count). The third kappa shape index (κ3) is 8.46. The van der Waals surface area contributed by atoms with Crippen LogP contribution in [0.5, 0.6) is 0 Å². The van der Waals surface area contributed by atoms with Gasteiger partial charge in [0.25, 0.3) is 0 Å². The minimum Gasteiger partial charge on any atom is -0.391 e. The first-order chi connectivity index (χ1) is 18.5. The van der Waals surface area contributed by atoms with Crippen molar-refractivity contribution in [2.24, 2.45) is 22.1 Å². The second kappa shape index (κ2) is 13.5. The van der Waals surface area contributed by atoms with Crippen molar-refractivity contribution in [1.29, 1.82) is 0 Å². The van der Waals surface area contributed by atoms with Crippen molar-refractivity contribution in [1.82, 2.24) is 15.3 Å². The van der Waals surface area contributed by atoms with E-state index in [1.54, 1.807) is 12.4 Å². The van der Waals surface area contributed by atoms with Gasteiger partial charge in [-0.3, -0.25) is 0 Å². The number of aromatic nitrogens is 2. The number of nitrogens with zero attached hydrogens (tertiary/aromatic N) is 2. The van der Waals surface area contributed by atoms with Crippen molar-refractivity contribution in [2.75, 3.05) is 18.4 Å². The van der Waals surface area contributed by atoms with Crippen LogP contribution in [0.2, 0.25) is 0 Å². The summed E-state index contributed by atoms with van der Waals surface area (Å²) in [6, 6.07) is 8.42. The van der Waals surface area contributed by atoms with Crippen molar-refractivity contribution < 1.29 is 13.9 Å². The Balaban J connectivity index is 1.81.